The molecule has 2 aromatic rings. The van der Waals surface area contributed by atoms with E-state index >= 15 is 0 Å². The van der Waals surface area contributed by atoms with Crippen LogP contribution in [0.15, 0.2) is 24.5 Å². The van der Waals surface area contributed by atoms with Crippen molar-refractivity contribution < 1.29 is 9.90 Å². The van der Waals surface area contributed by atoms with Crippen LogP contribution in [0.2, 0.25) is 0 Å². The van der Waals surface area contributed by atoms with Crippen molar-refractivity contribution in [1.82, 2.24) is 15.3 Å². The molecule has 0 aliphatic carbocycles. The van der Waals surface area contributed by atoms with E-state index in [0.717, 1.165) is 11.0 Å². The number of hydrogen-bond acceptors (Lipinski definition) is 4. The number of carbonyl (C=O) groups excluding carboxylic acids is 1. The van der Waals surface area contributed by atoms with Gasteiger partial charge in [0.1, 0.15) is 6.10 Å². The Hall–Kier alpha value is -1.72. The summed E-state index contributed by atoms with van der Waals surface area (Å²) in [6, 6.07) is 5.12. The highest BCUT2D eigenvalue weighted by molar-refractivity contribution is 6.01. The Morgan fingerprint density at radius 1 is 1.62 bits per heavy atom. The van der Waals surface area contributed by atoms with Crippen molar-refractivity contribution >= 4 is 16.8 Å². The monoisotopic (exact) mass is 219 g/mol. The molecule has 1 aromatic heterocycles. The van der Waals surface area contributed by atoms with Gasteiger partial charge in [0.15, 0.2) is 5.78 Å². The number of aliphatic hydroxyl groups excluding tert-OH is 1. The highest BCUT2D eigenvalue weighted by atomic mass is 16.3. The molecule has 0 aliphatic heterocycles. The van der Waals surface area contributed by atoms with Crippen molar-refractivity contribution in [1.29, 1.82) is 0 Å². The molecular weight excluding hydrogens is 206 g/mol. The third-order valence-electron chi connectivity index (χ3n) is 2.40. The molecule has 0 saturated carbocycles. The number of likely N-dealkylation sites (N-methyl/N-ethyl adjacent to an activating group) is 1. The smallest absolute Gasteiger partial charge is 0.192 e. The predicted molar refractivity (Wildman–Crippen MR) is 60.4 cm³/mol. The minimum absolute atomic E-state index is 0.250. The molecule has 3 N–H and O–H groups in total. The van der Waals surface area contributed by atoms with E-state index in [1.165, 1.54) is 0 Å². The van der Waals surface area contributed by atoms with E-state index in [1.54, 1.807) is 31.6 Å². The van der Waals surface area contributed by atoms with Crippen LogP contribution in [-0.2, 0) is 0 Å². The summed E-state index contributed by atoms with van der Waals surface area (Å²) in [7, 11) is 1.69. The van der Waals surface area contributed by atoms with Crippen LogP contribution in [0.4, 0.5) is 0 Å². The van der Waals surface area contributed by atoms with Crippen molar-refractivity contribution in [2.24, 2.45) is 0 Å². The summed E-state index contributed by atoms with van der Waals surface area (Å²) in [5.74, 6) is -0.286. The molecule has 84 valence electrons. The molecule has 0 amide bonds. The molecule has 1 atom stereocenters. The van der Waals surface area contributed by atoms with Gasteiger partial charge in [0.2, 0.25) is 0 Å². The Morgan fingerprint density at radius 3 is 3.19 bits per heavy atom. The fourth-order valence-corrected chi connectivity index (χ4v) is 1.57. The van der Waals surface area contributed by atoms with Gasteiger partial charge in [-0.3, -0.25) is 4.79 Å². The molecule has 0 saturated heterocycles. The van der Waals surface area contributed by atoms with Crippen molar-refractivity contribution in [2.45, 2.75) is 6.10 Å². The number of aromatic nitrogens is 2. The average molecular weight is 219 g/mol. The van der Waals surface area contributed by atoms with Crippen molar-refractivity contribution in [2.75, 3.05) is 13.6 Å². The van der Waals surface area contributed by atoms with Gasteiger partial charge in [-0.25, -0.2) is 4.98 Å². The lowest BCUT2D eigenvalue weighted by atomic mass is 10.1. The molecule has 1 unspecified atom stereocenters. The molecule has 0 radical (unpaired) electrons. The lowest BCUT2D eigenvalue weighted by Crippen LogP contribution is -2.31. The Labute approximate surface area is 92.5 Å². The quantitative estimate of drug-likeness (QED) is 0.647. The zero-order chi connectivity index (χ0) is 11.5. The Bertz CT molecular complexity index is 507. The summed E-state index contributed by atoms with van der Waals surface area (Å²) in [5.41, 5.74) is 2.08. The molecule has 0 bridgehead atoms. The van der Waals surface area contributed by atoms with Gasteiger partial charge in [-0.15, -0.1) is 0 Å². The SMILES string of the molecule is CNCC(O)C(=O)c1ccc2nc[nH]c2c1. The Morgan fingerprint density at radius 2 is 2.44 bits per heavy atom. The molecular formula is C11H13N3O2. The van der Waals surface area contributed by atoms with E-state index < -0.39 is 6.10 Å². The lowest BCUT2D eigenvalue weighted by Gasteiger charge is -2.08. The van der Waals surface area contributed by atoms with Gasteiger partial charge in [0.25, 0.3) is 0 Å². The summed E-state index contributed by atoms with van der Waals surface area (Å²) in [6.07, 6.45) is 0.563. The number of nitrogens with zero attached hydrogens (tertiary/aromatic N) is 1. The molecule has 0 spiro atoms. The fraction of sp³-hybridized carbons (Fsp3) is 0.273. The van der Waals surface area contributed by atoms with E-state index in [2.05, 4.69) is 15.3 Å². The van der Waals surface area contributed by atoms with E-state index in [-0.39, 0.29) is 12.3 Å². The number of nitrogens with one attached hydrogen (secondary N) is 2. The number of hydrogen-bond donors (Lipinski definition) is 3. The molecule has 16 heavy (non-hydrogen) atoms. The van der Waals surface area contributed by atoms with Crippen LogP contribution in [0, 0.1) is 0 Å². The summed E-state index contributed by atoms with van der Waals surface area (Å²) < 4.78 is 0. The number of imidazole rings is 1. The van der Waals surface area contributed by atoms with Crippen LogP contribution in [-0.4, -0.2) is 40.6 Å². The van der Waals surface area contributed by atoms with E-state index in [1.807, 2.05) is 0 Å². The van der Waals surface area contributed by atoms with Gasteiger partial charge < -0.3 is 15.4 Å². The van der Waals surface area contributed by atoms with Gasteiger partial charge in [0.05, 0.1) is 17.4 Å². The number of aromatic amines is 1. The van der Waals surface area contributed by atoms with E-state index in [4.69, 9.17) is 0 Å². The van der Waals surface area contributed by atoms with Gasteiger partial charge >= 0.3 is 0 Å². The molecule has 1 heterocycles. The first-order chi connectivity index (χ1) is 7.72. The van der Waals surface area contributed by atoms with Gasteiger partial charge in [-0.2, -0.15) is 0 Å². The maximum absolute atomic E-state index is 11.8. The summed E-state index contributed by atoms with van der Waals surface area (Å²) in [5, 5.41) is 12.3. The standard InChI is InChI=1S/C11H13N3O2/c1-12-5-10(15)11(16)7-2-3-8-9(4-7)14-6-13-8/h2-4,6,10,12,15H,5H2,1H3,(H,13,14). The zero-order valence-corrected chi connectivity index (χ0v) is 8.90. The number of H-pyrrole nitrogens is 1. The highest BCUT2D eigenvalue weighted by Gasteiger charge is 2.16. The first-order valence-corrected chi connectivity index (χ1v) is 5.02. The largest absolute Gasteiger partial charge is 0.384 e. The number of carbonyl (C=O) groups is 1. The molecule has 1 aromatic carbocycles. The number of rotatable bonds is 4. The maximum atomic E-state index is 11.8. The number of fused-ring (bicyclic) bond motifs is 1. The van der Waals surface area contributed by atoms with Crippen LogP contribution in [0.1, 0.15) is 10.4 Å². The Kier molecular flexibility index (Phi) is 2.98. The van der Waals surface area contributed by atoms with Crippen LogP contribution in [0.25, 0.3) is 11.0 Å². The third-order valence-corrected chi connectivity index (χ3v) is 2.40. The highest BCUT2D eigenvalue weighted by Crippen LogP contribution is 2.13. The number of ketones is 1. The average Bonchev–Trinajstić information content (AvgIpc) is 2.75. The summed E-state index contributed by atoms with van der Waals surface area (Å²) >= 11 is 0. The van der Waals surface area contributed by atoms with Gasteiger partial charge in [-0.05, 0) is 25.2 Å². The summed E-state index contributed by atoms with van der Waals surface area (Å²) in [4.78, 5) is 18.8. The second kappa shape index (κ2) is 4.42. The van der Waals surface area contributed by atoms with Crippen LogP contribution < -0.4 is 5.32 Å². The number of Topliss-reactive ketones (excluding diaryl/α,β-unsaturated/α-hetero) is 1. The molecule has 5 nitrogen and oxygen atoms in total. The van der Waals surface area contributed by atoms with Crippen molar-refractivity contribution in [3.8, 4) is 0 Å². The maximum Gasteiger partial charge on any atom is 0.192 e. The fourth-order valence-electron chi connectivity index (χ4n) is 1.57. The topological polar surface area (TPSA) is 78.0 Å². The van der Waals surface area contributed by atoms with Gasteiger partial charge in [0, 0.05) is 12.1 Å². The van der Waals surface area contributed by atoms with Crippen molar-refractivity contribution in [3.63, 3.8) is 0 Å². The van der Waals surface area contributed by atoms with E-state index in [9.17, 15) is 9.90 Å². The molecule has 5 heteroatoms. The molecule has 0 aliphatic rings. The van der Waals surface area contributed by atoms with Crippen molar-refractivity contribution in [3.05, 3.63) is 30.1 Å². The second-order valence-electron chi connectivity index (χ2n) is 3.57. The minimum Gasteiger partial charge on any atom is -0.384 e. The number of aliphatic hydroxyl groups is 1. The molecule has 2 rings (SSSR count). The van der Waals surface area contributed by atoms with E-state index in [0.29, 0.717) is 5.56 Å². The molecule has 0 fully saturated rings. The normalized spacial score (nSPS) is 12.9. The lowest BCUT2D eigenvalue weighted by molar-refractivity contribution is 0.0750. The first-order valence-electron chi connectivity index (χ1n) is 5.02. The minimum atomic E-state index is -1.01. The second-order valence-corrected chi connectivity index (χ2v) is 3.57. The van der Waals surface area contributed by atoms with Gasteiger partial charge in [-0.1, -0.05) is 0 Å². The Balaban J connectivity index is 2.28. The van der Waals surface area contributed by atoms with Crippen LogP contribution in [0.5, 0.6) is 0 Å². The zero-order valence-electron chi connectivity index (χ0n) is 8.90. The third kappa shape index (κ3) is 1.95. The predicted octanol–water partition coefficient (Wildman–Crippen LogP) is 0.326. The first kappa shape index (κ1) is 10.8. The van der Waals surface area contributed by atoms with Crippen LogP contribution in [0.3, 0.4) is 0 Å². The summed E-state index contributed by atoms with van der Waals surface area (Å²) in [6.45, 7) is 0.250. The van der Waals surface area contributed by atoms with Crippen LogP contribution >= 0.6 is 0 Å². The number of benzene rings is 1.